The summed E-state index contributed by atoms with van der Waals surface area (Å²) in [5.41, 5.74) is 5.28. The number of thiophene rings is 1. The number of benzene rings is 2. The van der Waals surface area contributed by atoms with Crippen LogP contribution in [-0.2, 0) is 0 Å². The lowest BCUT2D eigenvalue weighted by atomic mass is 10.0. The van der Waals surface area contributed by atoms with E-state index in [4.69, 9.17) is 10.1 Å². The third kappa shape index (κ3) is 4.45. The molecule has 0 atom stereocenters. The smallest absolute Gasteiger partial charge is 0.211 e. The molecule has 0 saturated carbocycles. The standard InChI is InChI=1S/C25H18N4S2/c1-2-6-19(7-3-1)20-10-12-21(13-11-20)24-18-31-25(28-22-8-4-14-26-16-22)29(24)27-17-23-9-5-15-30-23/h1-18H. The summed E-state index contributed by atoms with van der Waals surface area (Å²) in [6.07, 6.45) is 5.37. The fraction of sp³-hybridized carbons (Fsp3) is 0. The third-order valence-corrected chi connectivity index (χ3v) is 6.31. The first-order chi connectivity index (χ1) is 15.4. The number of hydrogen-bond donors (Lipinski definition) is 0. The van der Waals surface area contributed by atoms with Gasteiger partial charge in [-0.3, -0.25) is 4.98 Å². The lowest BCUT2D eigenvalue weighted by molar-refractivity contribution is 0.855. The molecule has 0 aliphatic carbocycles. The Bertz CT molecular complexity index is 1350. The molecule has 0 unspecified atom stereocenters. The van der Waals surface area contributed by atoms with Crippen molar-refractivity contribution in [3.05, 3.63) is 112 Å². The summed E-state index contributed by atoms with van der Waals surface area (Å²) in [5, 5.41) is 8.90. The summed E-state index contributed by atoms with van der Waals surface area (Å²) in [6, 6.07) is 26.8. The topological polar surface area (TPSA) is 42.5 Å². The lowest BCUT2D eigenvalue weighted by Gasteiger charge is -2.06. The maximum atomic E-state index is 4.76. The molecule has 5 aromatic rings. The molecule has 3 heterocycles. The zero-order valence-electron chi connectivity index (χ0n) is 16.5. The highest BCUT2D eigenvalue weighted by atomic mass is 32.1. The Balaban J connectivity index is 1.57. The molecule has 0 aliphatic rings. The Morgan fingerprint density at radius 2 is 1.58 bits per heavy atom. The summed E-state index contributed by atoms with van der Waals surface area (Å²) >= 11 is 3.22. The molecule has 3 aromatic heterocycles. The number of thiazole rings is 1. The maximum absolute atomic E-state index is 4.76. The van der Waals surface area contributed by atoms with Gasteiger partial charge in [0.2, 0.25) is 4.80 Å². The lowest BCUT2D eigenvalue weighted by Crippen LogP contribution is -2.11. The average Bonchev–Trinajstić information content (AvgIpc) is 3.49. The molecule has 5 rings (SSSR count). The molecule has 4 nitrogen and oxygen atoms in total. The first kappa shape index (κ1) is 19.4. The molecule has 0 N–H and O–H groups in total. The van der Waals surface area contributed by atoms with E-state index in [1.165, 1.54) is 11.1 Å². The van der Waals surface area contributed by atoms with Crippen LogP contribution in [0.2, 0.25) is 0 Å². The zero-order chi connectivity index (χ0) is 20.9. The van der Waals surface area contributed by atoms with Crippen LogP contribution in [0.15, 0.2) is 112 Å². The number of rotatable bonds is 5. The van der Waals surface area contributed by atoms with Crippen molar-refractivity contribution in [2.75, 3.05) is 0 Å². The molecule has 31 heavy (non-hydrogen) atoms. The highest BCUT2D eigenvalue weighted by Crippen LogP contribution is 2.25. The van der Waals surface area contributed by atoms with E-state index in [2.05, 4.69) is 58.9 Å². The van der Waals surface area contributed by atoms with Crippen LogP contribution in [0.25, 0.3) is 22.4 Å². The SMILES string of the molecule is C(=Nn1c(-c2ccc(-c3ccccc3)cc2)csc1=Nc1cccnc1)c1cccs1. The van der Waals surface area contributed by atoms with Gasteiger partial charge in [-0.2, -0.15) is 5.10 Å². The summed E-state index contributed by atoms with van der Waals surface area (Å²) in [7, 11) is 0. The van der Waals surface area contributed by atoms with E-state index in [0.29, 0.717) is 0 Å². The highest BCUT2D eigenvalue weighted by Gasteiger charge is 2.08. The number of hydrogen-bond acceptors (Lipinski definition) is 5. The van der Waals surface area contributed by atoms with Gasteiger partial charge in [0.15, 0.2) is 0 Å². The molecule has 0 saturated heterocycles. The van der Waals surface area contributed by atoms with Crippen LogP contribution in [-0.4, -0.2) is 15.9 Å². The summed E-state index contributed by atoms with van der Waals surface area (Å²) in [6.45, 7) is 0. The minimum Gasteiger partial charge on any atom is -0.262 e. The van der Waals surface area contributed by atoms with Gasteiger partial charge < -0.3 is 0 Å². The first-order valence-corrected chi connectivity index (χ1v) is 11.5. The van der Waals surface area contributed by atoms with E-state index in [1.807, 2.05) is 46.6 Å². The van der Waals surface area contributed by atoms with Crippen molar-refractivity contribution < 1.29 is 0 Å². The van der Waals surface area contributed by atoms with E-state index in [-0.39, 0.29) is 0 Å². The Hall–Kier alpha value is -3.61. The molecule has 2 aromatic carbocycles. The van der Waals surface area contributed by atoms with Crippen molar-refractivity contribution in [3.63, 3.8) is 0 Å². The first-order valence-electron chi connectivity index (χ1n) is 9.76. The van der Waals surface area contributed by atoms with E-state index in [9.17, 15) is 0 Å². The highest BCUT2D eigenvalue weighted by molar-refractivity contribution is 7.11. The third-order valence-electron chi connectivity index (χ3n) is 4.69. The van der Waals surface area contributed by atoms with E-state index in [0.717, 1.165) is 26.6 Å². The molecular weight excluding hydrogens is 420 g/mol. The summed E-state index contributed by atoms with van der Waals surface area (Å²) in [4.78, 5) is 10.8. The Kier molecular flexibility index (Phi) is 5.64. The van der Waals surface area contributed by atoms with Crippen LogP contribution in [0.3, 0.4) is 0 Å². The van der Waals surface area contributed by atoms with Gasteiger partial charge in [-0.25, -0.2) is 9.67 Å². The predicted molar refractivity (Wildman–Crippen MR) is 130 cm³/mol. The molecule has 0 amide bonds. The summed E-state index contributed by atoms with van der Waals surface area (Å²) in [5.74, 6) is 0. The van der Waals surface area contributed by atoms with Crippen molar-refractivity contribution in [2.24, 2.45) is 10.1 Å². The molecule has 6 heteroatoms. The maximum Gasteiger partial charge on any atom is 0.211 e. The molecule has 0 aliphatic heterocycles. The van der Waals surface area contributed by atoms with Crippen LogP contribution in [0.1, 0.15) is 4.88 Å². The molecule has 0 radical (unpaired) electrons. The largest absolute Gasteiger partial charge is 0.262 e. The van der Waals surface area contributed by atoms with Gasteiger partial charge in [0, 0.05) is 22.0 Å². The van der Waals surface area contributed by atoms with Crippen LogP contribution in [0.5, 0.6) is 0 Å². The van der Waals surface area contributed by atoms with Crippen molar-refractivity contribution in [2.45, 2.75) is 0 Å². The quantitative estimate of drug-likeness (QED) is 0.291. The number of aromatic nitrogens is 2. The molecule has 0 bridgehead atoms. The van der Waals surface area contributed by atoms with Crippen LogP contribution in [0, 0.1) is 0 Å². The molecule has 0 fully saturated rings. The molecular formula is C25H18N4S2. The molecule has 150 valence electrons. The zero-order valence-corrected chi connectivity index (χ0v) is 18.1. The van der Waals surface area contributed by atoms with Crippen LogP contribution in [0.4, 0.5) is 5.69 Å². The van der Waals surface area contributed by atoms with Crippen molar-refractivity contribution in [3.8, 4) is 22.4 Å². The predicted octanol–water partition coefficient (Wildman–Crippen LogP) is 6.45. The fourth-order valence-corrected chi connectivity index (χ4v) is 4.60. The van der Waals surface area contributed by atoms with Crippen LogP contribution >= 0.6 is 22.7 Å². The second-order valence-electron chi connectivity index (χ2n) is 6.74. The van der Waals surface area contributed by atoms with Gasteiger partial charge in [-0.05, 0) is 34.7 Å². The van der Waals surface area contributed by atoms with Gasteiger partial charge in [-0.15, -0.1) is 22.7 Å². The fourth-order valence-electron chi connectivity index (χ4n) is 3.16. The average molecular weight is 439 g/mol. The minimum atomic E-state index is 0.794. The minimum absolute atomic E-state index is 0.794. The second-order valence-corrected chi connectivity index (χ2v) is 8.56. The number of pyridine rings is 1. The van der Waals surface area contributed by atoms with Gasteiger partial charge in [-0.1, -0.05) is 60.7 Å². The van der Waals surface area contributed by atoms with E-state index in [1.54, 1.807) is 35.1 Å². The van der Waals surface area contributed by atoms with Crippen molar-refractivity contribution in [1.29, 1.82) is 0 Å². The summed E-state index contributed by atoms with van der Waals surface area (Å²) < 4.78 is 1.90. The van der Waals surface area contributed by atoms with Gasteiger partial charge in [0.1, 0.15) is 0 Å². The molecule has 0 spiro atoms. The normalized spacial score (nSPS) is 11.9. The second kappa shape index (κ2) is 9.04. The van der Waals surface area contributed by atoms with E-state index < -0.39 is 0 Å². The van der Waals surface area contributed by atoms with Gasteiger partial charge in [0.05, 0.1) is 23.8 Å². The van der Waals surface area contributed by atoms with Crippen LogP contribution < -0.4 is 4.80 Å². The van der Waals surface area contributed by atoms with Crippen molar-refractivity contribution >= 4 is 34.6 Å². The van der Waals surface area contributed by atoms with Gasteiger partial charge >= 0.3 is 0 Å². The Morgan fingerprint density at radius 3 is 2.32 bits per heavy atom. The monoisotopic (exact) mass is 438 g/mol. The Labute approximate surface area is 188 Å². The van der Waals surface area contributed by atoms with E-state index >= 15 is 0 Å². The van der Waals surface area contributed by atoms with Gasteiger partial charge in [0.25, 0.3) is 0 Å². The number of nitrogens with zero attached hydrogens (tertiary/aromatic N) is 4. The Morgan fingerprint density at radius 1 is 0.774 bits per heavy atom. The van der Waals surface area contributed by atoms with Crippen molar-refractivity contribution in [1.82, 2.24) is 9.66 Å².